The van der Waals surface area contributed by atoms with E-state index in [1.165, 1.54) is 30.4 Å². The van der Waals surface area contributed by atoms with Crippen LogP contribution < -0.4 is 10.5 Å². The Morgan fingerprint density at radius 1 is 1.05 bits per heavy atom. The maximum absolute atomic E-state index is 5.89. The van der Waals surface area contributed by atoms with Crippen molar-refractivity contribution in [1.82, 2.24) is 4.98 Å². The SMILES string of the molecule is Cc1ccc(N)c(Oc2ccc3c(c2)CCCC3)n1. The van der Waals surface area contributed by atoms with Gasteiger partial charge >= 0.3 is 0 Å². The molecule has 1 aliphatic carbocycles. The molecule has 0 amide bonds. The second-order valence-electron chi connectivity index (χ2n) is 5.09. The first-order valence-corrected chi connectivity index (χ1v) is 6.75. The average molecular weight is 254 g/mol. The molecule has 1 aromatic heterocycles. The summed E-state index contributed by atoms with van der Waals surface area (Å²) in [5, 5.41) is 0. The Labute approximate surface area is 113 Å². The Hall–Kier alpha value is -2.03. The van der Waals surface area contributed by atoms with Gasteiger partial charge in [0.05, 0.1) is 5.69 Å². The van der Waals surface area contributed by atoms with E-state index in [1.54, 1.807) is 0 Å². The summed E-state index contributed by atoms with van der Waals surface area (Å²) >= 11 is 0. The number of hydrogen-bond donors (Lipinski definition) is 1. The van der Waals surface area contributed by atoms with Gasteiger partial charge in [-0.05, 0) is 68.0 Å². The lowest BCUT2D eigenvalue weighted by Gasteiger charge is -2.16. The standard InChI is InChI=1S/C16H18N2O/c1-11-6-9-15(17)16(18-11)19-14-8-7-12-4-2-3-5-13(12)10-14/h6-10H,2-5,17H2,1H3. The van der Waals surface area contributed by atoms with Crippen molar-refractivity contribution in [2.45, 2.75) is 32.6 Å². The highest BCUT2D eigenvalue weighted by Crippen LogP contribution is 2.29. The highest BCUT2D eigenvalue weighted by molar-refractivity contribution is 5.50. The number of aryl methyl sites for hydroxylation is 3. The Morgan fingerprint density at radius 2 is 1.84 bits per heavy atom. The predicted molar refractivity (Wildman–Crippen MR) is 76.5 cm³/mol. The fourth-order valence-corrected chi connectivity index (χ4v) is 2.51. The van der Waals surface area contributed by atoms with Crippen molar-refractivity contribution in [2.24, 2.45) is 0 Å². The van der Waals surface area contributed by atoms with Crippen LogP contribution >= 0.6 is 0 Å². The molecule has 0 spiro atoms. The number of fused-ring (bicyclic) bond motifs is 1. The molecule has 0 aliphatic heterocycles. The summed E-state index contributed by atoms with van der Waals surface area (Å²) < 4.78 is 5.82. The lowest BCUT2D eigenvalue weighted by molar-refractivity contribution is 0.462. The van der Waals surface area contributed by atoms with Gasteiger partial charge in [0, 0.05) is 5.69 Å². The van der Waals surface area contributed by atoms with Crippen molar-refractivity contribution in [2.75, 3.05) is 5.73 Å². The van der Waals surface area contributed by atoms with Crippen molar-refractivity contribution >= 4 is 5.69 Å². The molecule has 1 aliphatic rings. The van der Waals surface area contributed by atoms with E-state index in [9.17, 15) is 0 Å². The predicted octanol–water partition coefficient (Wildman–Crippen LogP) is 3.64. The molecule has 19 heavy (non-hydrogen) atoms. The van der Waals surface area contributed by atoms with Gasteiger partial charge in [0.2, 0.25) is 5.88 Å². The molecule has 0 saturated heterocycles. The third-order valence-corrected chi connectivity index (χ3v) is 3.56. The molecule has 3 nitrogen and oxygen atoms in total. The number of nitrogens with zero attached hydrogens (tertiary/aromatic N) is 1. The lowest BCUT2D eigenvalue weighted by atomic mass is 9.92. The number of benzene rings is 1. The van der Waals surface area contributed by atoms with E-state index < -0.39 is 0 Å². The van der Waals surface area contributed by atoms with Gasteiger partial charge in [0.15, 0.2) is 0 Å². The van der Waals surface area contributed by atoms with Crippen LogP contribution in [0.2, 0.25) is 0 Å². The second kappa shape index (κ2) is 4.92. The van der Waals surface area contributed by atoms with Gasteiger partial charge in [0.1, 0.15) is 5.75 Å². The van der Waals surface area contributed by atoms with Crippen molar-refractivity contribution in [1.29, 1.82) is 0 Å². The maximum Gasteiger partial charge on any atom is 0.242 e. The summed E-state index contributed by atoms with van der Waals surface area (Å²) in [5.74, 6) is 1.32. The Kier molecular flexibility index (Phi) is 3.11. The summed E-state index contributed by atoms with van der Waals surface area (Å²) in [4.78, 5) is 4.33. The molecule has 0 atom stereocenters. The lowest BCUT2D eigenvalue weighted by Crippen LogP contribution is -2.03. The highest BCUT2D eigenvalue weighted by Gasteiger charge is 2.11. The van der Waals surface area contributed by atoms with Gasteiger partial charge in [-0.1, -0.05) is 6.07 Å². The Bertz CT molecular complexity index is 608. The fraction of sp³-hybridized carbons (Fsp3) is 0.312. The van der Waals surface area contributed by atoms with Gasteiger partial charge in [-0.3, -0.25) is 0 Å². The summed E-state index contributed by atoms with van der Waals surface area (Å²) in [7, 11) is 0. The summed E-state index contributed by atoms with van der Waals surface area (Å²) in [6.45, 7) is 1.93. The highest BCUT2D eigenvalue weighted by atomic mass is 16.5. The number of rotatable bonds is 2. The van der Waals surface area contributed by atoms with Crippen molar-refractivity contribution < 1.29 is 4.74 Å². The molecule has 0 fully saturated rings. The number of hydrogen-bond acceptors (Lipinski definition) is 3. The third kappa shape index (κ3) is 2.55. The van der Waals surface area contributed by atoms with E-state index in [0.717, 1.165) is 17.9 Å². The molecule has 98 valence electrons. The zero-order valence-electron chi connectivity index (χ0n) is 11.1. The molecule has 1 aromatic carbocycles. The van der Waals surface area contributed by atoms with Crippen LogP contribution in [0.4, 0.5) is 5.69 Å². The first kappa shape index (κ1) is 12.0. The average Bonchev–Trinajstić information content (AvgIpc) is 2.43. The van der Waals surface area contributed by atoms with Gasteiger partial charge in [0.25, 0.3) is 0 Å². The van der Waals surface area contributed by atoms with E-state index in [0.29, 0.717) is 11.6 Å². The first-order chi connectivity index (χ1) is 9.22. The van der Waals surface area contributed by atoms with Crippen LogP contribution in [-0.4, -0.2) is 4.98 Å². The second-order valence-corrected chi connectivity index (χ2v) is 5.09. The van der Waals surface area contributed by atoms with Crippen LogP contribution in [-0.2, 0) is 12.8 Å². The van der Waals surface area contributed by atoms with E-state index in [-0.39, 0.29) is 0 Å². The normalized spacial score (nSPS) is 13.9. The molecule has 2 N–H and O–H groups in total. The quantitative estimate of drug-likeness (QED) is 0.890. The molecule has 0 radical (unpaired) electrons. The van der Waals surface area contributed by atoms with Crippen molar-refractivity contribution in [3.05, 3.63) is 47.2 Å². The number of aromatic nitrogens is 1. The summed E-state index contributed by atoms with van der Waals surface area (Å²) in [5.41, 5.74) is 10.2. The van der Waals surface area contributed by atoms with Crippen LogP contribution in [0.15, 0.2) is 30.3 Å². The van der Waals surface area contributed by atoms with E-state index in [4.69, 9.17) is 10.5 Å². The zero-order valence-corrected chi connectivity index (χ0v) is 11.1. The Morgan fingerprint density at radius 3 is 2.68 bits per heavy atom. The molecule has 0 unspecified atom stereocenters. The summed E-state index contributed by atoms with van der Waals surface area (Å²) in [6.07, 6.45) is 4.88. The van der Waals surface area contributed by atoms with E-state index in [1.807, 2.05) is 25.1 Å². The Balaban J connectivity index is 1.89. The topological polar surface area (TPSA) is 48.1 Å². The fourth-order valence-electron chi connectivity index (χ4n) is 2.51. The van der Waals surface area contributed by atoms with Gasteiger partial charge in [-0.2, -0.15) is 0 Å². The van der Waals surface area contributed by atoms with Crippen LogP contribution in [0.25, 0.3) is 0 Å². The van der Waals surface area contributed by atoms with Crippen LogP contribution in [0.3, 0.4) is 0 Å². The minimum absolute atomic E-state index is 0.496. The van der Waals surface area contributed by atoms with Crippen molar-refractivity contribution in [3.63, 3.8) is 0 Å². The van der Waals surface area contributed by atoms with Gasteiger partial charge < -0.3 is 10.5 Å². The number of nitrogens with two attached hydrogens (primary N) is 1. The largest absolute Gasteiger partial charge is 0.437 e. The third-order valence-electron chi connectivity index (χ3n) is 3.56. The monoisotopic (exact) mass is 254 g/mol. The minimum atomic E-state index is 0.496. The number of anilines is 1. The molecular formula is C16H18N2O. The van der Waals surface area contributed by atoms with Crippen molar-refractivity contribution in [3.8, 4) is 11.6 Å². The number of pyridine rings is 1. The number of ether oxygens (including phenoxy) is 1. The molecule has 3 heteroatoms. The van der Waals surface area contributed by atoms with Gasteiger partial charge in [-0.15, -0.1) is 0 Å². The zero-order chi connectivity index (χ0) is 13.2. The van der Waals surface area contributed by atoms with Crippen LogP contribution in [0, 0.1) is 6.92 Å². The maximum atomic E-state index is 5.89. The molecule has 0 saturated carbocycles. The molecule has 1 heterocycles. The first-order valence-electron chi connectivity index (χ1n) is 6.75. The molecule has 0 bridgehead atoms. The number of nitrogen functional groups attached to an aromatic ring is 1. The van der Waals surface area contributed by atoms with Gasteiger partial charge in [-0.25, -0.2) is 4.98 Å². The molecular weight excluding hydrogens is 236 g/mol. The molecule has 3 rings (SSSR count). The minimum Gasteiger partial charge on any atom is -0.437 e. The summed E-state index contributed by atoms with van der Waals surface area (Å²) in [6, 6.07) is 10.0. The molecule has 2 aromatic rings. The van der Waals surface area contributed by atoms with Crippen LogP contribution in [0.1, 0.15) is 29.7 Å². The smallest absolute Gasteiger partial charge is 0.242 e. The van der Waals surface area contributed by atoms with Crippen LogP contribution in [0.5, 0.6) is 11.6 Å². The van der Waals surface area contributed by atoms with E-state index >= 15 is 0 Å². The van der Waals surface area contributed by atoms with E-state index in [2.05, 4.69) is 17.1 Å².